The first-order valence-corrected chi connectivity index (χ1v) is 9.51. The molecule has 5 heteroatoms. The Labute approximate surface area is 145 Å². The van der Waals surface area contributed by atoms with Gasteiger partial charge in [-0.2, -0.15) is 0 Å². The molecular formula is C19H31N3O2. The molecule has 1 unspecified atom stereocenters. The van der Waals surface area contributed by atoms with Crippen molar-refractivity contribution in [2.45, 2.75) is 69.9 Å². The van der Waals surface area contributed by atoms with Crippen LogP contribution in [0.1, 0.15) is 57.6 Å². The molecule has 2 aliphatic rings. The van der Waals surface area contributed by atoms with Gasteiger partial charge in [-0.1, -0.05) is 19.3 Å². The van der Waals surface area contributed by atoms with E-state index in [1.54, 1.807) is 6.26 Å². The van der Waals surface area contributed by atoms with E-state index in [0.29, 0.717) is 6.04 Å². The van der Waals surface area contributed by atoms with Gasteiger partial charge in [0.1, 0.15) is 5.76 Å². The van der Waals surface area contributed by atoms with Crippen LogP contribution in [0, 0.1) is 0 Å². The Morgan fingerprint density at radius 3 is 2.96 bits per heavy atom. The van der Waals surface area contributed by atoms with Crippen LogP contribution in [0.25, 0.3) is 0 Å². The van der Waals surface area contributed by atoms with Gasteiger partial charge in [0.2, 0.25) is 0 Å². The third-order valence-corrected chi connectivity index (χ3v) is 5.15. The first-order chi connectivity index (χ1) is 11.8. The Morgan fingerprint density at radius 1 is 1.33 bits per heavy atom. The lowest BCUT2D eigenvalue weighted by Crippen LogP contribution is -2.52. The van der Waals surface area contributed by atoms with E-state index in [2.05, 4.69) is 17.6 Å². The summed E-state index contributed by atoms with van der Waals surface area (Å²) >= 11 is 0. The lowest BCUT2D eigenvalue weighted by Gasteiger charge is -2.44. The molecule has 0 bridgehead atoms. The van der Waals surface area contributed by atoms with Gasteiger partial charge in [0.05, 0.1) is 11.9 Å². The lowest BCUT2D eigenvalue weighted by atomic mass is 9.78. The largest absolute Gasteiger partial charge is 0.469 e. The smallest absolute Gasteiger partial charge is 0.191 e. The van der Waals surface area contributed by atoms with Crippen LogP contribution in [-0.2, 0) is 11.2 Å². The highest BCUT2D eigenvalue weighted by molar-refractivity contribution is 5.80. The minimum absolute atomic E-state index is 0.125. The highest BCUT2D eigenvalue weighted by Gasteiger charge is 2.38. The molecule has 1 atom stereocenters. The van der Waals surface area contributed by atoms with Gasteiger partial charge in [-0.05, 0) is 44.7 Å². The molecule has 1 saturated carbocycles. The van der Waals surface area contributed by atoms with Crippen molar-refractivity contribution >= 4 is 5.96 Å². The Bertz CT molecular complexity index is 501. The standard InChI is InChI=1S/C19H31N3O2/c1-2-20-18(21-12-8-17-7-6-13-23-17)22-16-9-14-24-19(15-16)10-4-3-5-11-19/h6-7,13,16H,2-5,8-12,14-15H2,1H3,(H2,20,21,22). The summed E-state index contributed by atoms with van der Waals surface area (Å²) in [6.07, 6.45) is 11.1. The topological polar surface area (TPSA) is 58.8 Å². The second-order valence-electron chi connectivity index (χ2n) is 7.02. The van der Waals surface area contributed by atoms with Crippen LogP contribution in [0.3, 0.4) is 0 Å². The fraction of sp³-hybridized carbons (Fsp3) is 0.737. The predicted molar refractivity (Wildman–Crippen MR) is 96.3 cm³/mol. The van der Waals surface area contributed by atoms with Crippen LogP contribution in [0.15, 0.2) is 27.8 Å². The van der Waals surface area contributed by atoms with E-state index in [1.165, 1.54) is 32.1 Å². The van der Waals surface area contributed by atoms with Crippen LogP contribution < -0.4 is 10.6 Å². The molecule has 3 rings (SSSR count). The number of furan rings is 1. The first kappa shape index (κ1) is 17.3. The number of aliphatic imine (C=N–C) groups is 1. The molecule has 24 heavy (non-hydrogen) atoms. The molecule has 5 nitrogen and oxygen atoms in total. The highest BCUT2D eigenvalue weighted by atomic mass is 16.5. The Kier molecular flexibility index (Phi) is 6.18. The van der Waals surface area contributed by atoms with Crippen LogP contribution in [0.5, 0.6) is 0 Å². The monoisotopic (exact) mass is 333 g/mol. The van der Waals surface area contributed by atoms with Crippen molar-refractivity contribution in [3.8, 4) is 0 Å². The maximum atomic E-state index is 6.20. The van der Waals surface area contributed by atoms with Crippen molar-refractivity contribution in [3.63, 3.8) is 0 Å². The van der Waals surface area contributed by atoms with E-state index >= 15 is 0 Å². The van der Waals surface area contributed by atoms with Crippen LogP contribution in [-0.4, -0.2) is 37.3 Å². The van der Waals surface area contributed by atoms with Gasteiger partial charge in [-0.3, -0.25) is 4.99 Å². The predicted octanol–water partition coefficient (Wildman–Crippen LogP) is 3.26. The van der Waals surface area contributed by atoms with Crippen molar-refractivity contribution in [1.29, 1.82) is 0 Å². The van der Waals surface area contributed by atoms with Crippen molar-refractivity contribution < 1.29 is 9.15 Å². The lowest BCUT2D eigenvalue weighted by molar-refractivity contribution is -0.107. The van der Waals surface area contributed by atoms with Crippen molar-refractivity contribution in [2.75, 3.05) is 19.7 Å². The van der Waals surface area contributed by atoms with Crippen LogP contribution in [0.4, 0.5) is 0 Å². The number of hydrogen-bond acceptors (Lipinski definition) is 3. The van der Waals surface area contributed by atoms with Gasteiger partial charge in [-0.15, -0.1) is 0 Å². The molecule has 1 aliphatic heterocycles. The number of hydrogen-bond donors (Lipinski definition) is 2. The van der Waals surface area contributed by atoms with Gasteiger partial charge in [0.25, 0.3) is 0 Å². The second kappa shape index (κ2) is 8.56. The average Bonchev–Trinajstić information content (AvgIpc) is 3.09. The minimum Gasteiger partial charge on any atom is -0.469 e. The average molecular weight is 333 g/mol. The van der Waals surface area contributed by atoms with E-state index < -0.39 is 0 Å². The molecule has 0 radical (unpaired) electrons. The summed E-state index contributed by atoms with van der Waals surface area (Å²) in [6.45, 7) is 4.58. The van der Waals surface area contributed by atoms with Gasteiger partial charge < -0.3 is 19.8 Å². The fourth-order valence-electron chi connectivity index (χ4n) is 3.94. The van der Waals surface area contributed by atoms with Crippen molar-refractivity contribution in [3.05, 3.63) is 24.2 Å². The van der Waals surface area contributed by atoms with E-state index in [-0.39, 0.29) is 5.60 Å². The van der Waals surface area contributed by atoms with E-state index in [0.717, 1.165) is 50.7 Å². The maximum Gasteiger partial charge on any atom is 0.191 e. The van der Waals surface area contributed by atoms with Crippen LogP contribution in [0.2, 0.25) is 0 Å². The zero-order chi connectivity index (χ0) is 16.7. The summed E-state index contributed by atoms with van der Waals surface area (Å²) < 4.78 is 11.6. The number of ether oxygens (including phenoxy) is 1. The third kappa shape index (κ3) is 4.76. The van der Waals surface area contributed by atoms with E-state index in [4.69, 9.17) is 14.1 Å². The molecule has 0 amide bonds. The molecule has 134 valence electrons. The Balaban J connectivity index is 1.53. The molecule has 1 aromatic rings. The maximum absolute atomic E-state index is 6.20. The second-order valence-corrected chi connectivity index (χ2v) is 7.02. The van der Waals surface area contributed by atoms with Crippen molar-refractivity contribution in [1.82, 2.24) is 10.6 Å². The summed E-state index contributed by atoms with van der Waals surface area (Å²) in [5, 5.41) is 7.01. The van der Waals surface area contributed by atoms with Gasteiger partial charge >= 0.3 is 0 Å². The number of nitrogens with one attached hydrogen (secondary N) is 2. The number of guanidine groups is 1. The molecule has 0 aromatic carbocycles. The molecule has 1 spiro atoms. The third-order valence-electron chi connectivity index (χ3n) is 5.15. The molecule has 2 heterocycles. The zero-order valence-corrected chi connectivity index (χ0v) is 14.9. The molecule has 2 N–H and O–H groups in total. The minimum atomic E-state index is 0.125. The number of rotatable bonds is 5. The highest BCUT2D eigenvalue weighted by Crippen LogP contribution is 2.38. The summed E-state index contributed by atoms with van der Waals surface area (Å²) in [5.74, 6) is 1.91. The Hall–Kier alpha value is -1.49. The summed E-state index contributed by atoms with van der Waals surface area (Å²) in [7, 11) is 0. The van der Waals surface area contributed by atoms with Gasteiger partial charge in [0.15, 0.2) is 5.96 Å². The summed E-state index contributed by atoms with van der Waals surface area (Å²) in [6, 6.07) is 4.38. The fourth-order valence-corrected chi connectivity index (χ4v) is 3.94. The van der Waals surface area contributed by atoms with Gasteiger partial charge in [-0.25, -0.2) is 0 Å². The van der Waals surface area contributed by atoms with Crippen LogP contribution >= 0.6 is 0 Å². The SMILES string of the molecule is CCNC(=NCCc1ccco1)NC1CCOC2(CCCCC2)C1. The summed E-state index contributed by atoms with van der Waals surface area (Å²) in [5.41, 5.74) is 0.125. The molecule has 1 saturated heterocycles. The normalized spacial score (nSPS) is 24.0. The van der Waals surface area contributed by atoms with E-state index in [9.17, 15) is 0 Å². The molecule has 2 fully saturated rings. The van der Waals surface area contributed by atoms with Gasteiger partial charge in [0, 0.05) is 32.2 Å². The first-order valence-electron chi connectivity index (χ1n) is 9.51. The quantitative estimate of drug-likeness (QED) is 0.641. The summed E-state index contributed by atoms with van der Waals surface area (Å²) in [4.78, 5) is 4.71. The van der Waals surface area contributed by atoms with Crippen molar-refractivity contribution in [2.24, 2.45) is 4.99 Å². The number of nitrogens with zero attached hydrogens (tertiary/aromatic N) is 1. The Morgan fingerprint density at radius 2 is 2.21 bits per heavy atom. The molecule has 1 aliphatic carbocycles. The zero-order valence-electron chi connectivity index (χ0n) is 14.9. The molecule has 1 aromatic heterocycles. The molecular weight excluding hydrogens is 302 g/mol. The van der Waals surface area contributed by atoms with E-state index in [1.807, 2.05) is 12.1 Å².